The van der Waals surface area contributed by atoms with Gasteiger partial charge >= 0.3 is 0 Å². The normalized spacial score (nSPS) is 12.7. The van der Waals surface area contributed by atoms with Crippen LogP contribution in [-0.4, -0.2) is 39.8 Å². The van der Waals surface area contributed by atoms with E-state index in [1.165, 1.54) is 0 Å². The Morgan fingerprint density at radius 2 is 2.24 bits per heavy atom. The molecule has 0 aromatic carbocycles. The summed E-state index contributed by atoms with van der Waals surface area (Å²) in [7, 11) is 1.71. The highest BCUT2D eigenvalue weighted by molar-refractivity contribution is 5.06. The number of hydrogen-bond donors (Lipinski definition) is 1. The second-order valence-corrected chi connectivity index (χ2v) is 5.19. The van der Waals surface area contributed by atoms with E-state index in [9.17, 15) is 0 Å². The summed E-state index contributed by atoms with van der Waals surface area (Å²) in [6.07, 6.45) is 4.96. The molecule has 2 aromatic rings. The molecule has 2 heterocycles. The van der Waals surface area contributed by atoms with Crippen molar-refractivity contribution >= 4 is 0 Å². The number of aromatic nitrogens is 4. The van der Waals surface area contributed by atoms with Crippen LogP contribution in [0.4, 0.5) is 0 Å². The molecule has 0 radical (unpaired) electrons. The third-order valence-corrected chi connectivity index (χ3v) is 3.61. The highest BCUT2D eigenvalue weighted by Gasteiger charge is 2.07. The Kier molecular flexibility index (Phi) is 5.95. The average molecular weight is 291 g/mol. The number of nitrogens with zero attached hydrogens (tertiary/aromatic N) is 4. The van der Waals surface area contributed by atoms with Crippen LogP contribution in [0.15, 0.2) is 24.5 Å². The van der Waals surface area contributed by atoms with Crippen molar-refractivity contribution in [1.29, 1.82) is 0 Å². The van der Waals surface area contributed by atoms with Crippen molar-refractivity contribution in [2.75, 3.05) is 20.3 Å². The molecule has 2 rings (SSSR count). The van der Waals surface area contributed by atoms with Crippen LogP contribution in [-0.2, 0) is 17.8 Å². The second-order valence-electron chi connectivity index (χ2n) is 5.19. The van der Waals surface area contributed by atoms with Crippen molar-refractivity contribution in [3.05, 3.63) is 35.9 Å². The van der Waals surface area contributed by atoms with Crippen molar-refractivity contribution in [3.8, 4) is 0 Å². The molecule has 0 aliphatic heterocycles. The first-order valence-corrected chi connectivity index (χ1v) is 7.49. The highest BCUT2D eigenvalue weighted by Crippen LogP contribution is 2.10. The van der Waals surface area contributed by atoms with Gasteiger partial charge in [-0.25, -0.2) is 0 Å². The Labute approximate surface area is 126 Å². The maximum Gasteiger partial charge on any atom is 0.0853 e. The van der Waals surface area contributed by atoms with Crippen LogP contribution >= 0.6 is 0 Å². The minimum atomic E-state index is 0.437. The summed E-state index contributed by atoms with van der Waals surface area (Å²) in [5.74, 6) is 0. The summed E-state index contributed by atoms with van der Waals surface area (Å²) < 4.78 is 9.04. The first-order chi connectivity index (χ1) is 10.2. The molecule has 0 spiro atoms. The third kappa shape index (κ3) is 4.41. The molecule has 0 aliphatic rings. The number of methoxy groups -OCH3 is 1. The van der Waals surface area contributed by atoms with E-state index in [0.29, 0.717) is 19.2 Å². The van der Waals surface area contributed by atoms with Crippen LogP contribution in [0.1, 0.15) is 37.7 Å². The Bertz CT molecular complexity index is 534. The van der Waals surface area contributed by atoms with Gasteiger partial charge in [-0.1, -0.05) is 6.92 Å². The van der Waals surface area contributed by atoms with E-state index in [4.69, 9.17) is 4.74 Å². The van der Waals surface area contributed by atoms with Gasteiger partial charge in [-0.15, -0.1) is 0 Å². The molecule has 0 bridgehead atoms. The quantitative estimate of drug-likeness (QED) is 0.716. The lowest BCUT2D eigenvalue weighted by Crippen LogP contribution is -2.21. The Morgan fingerprint density at radius 3 is 3.00 bits per heavy atom. The predicted molar refractivity (Wildman–Crippen MR) is 82.1 cm³/mol. The average Bonchev–Trinajstić information content (AvgIpc) is 3.13. The molecule has 0 aliphatic carbocycles. The SMILES string of the molecule is CCC(C)n1ccc(Cn2nccc2CNCCOC)n1. The van der Waals surface area contributed by atoms with Gasteiger partial charge in [0.05, 0.1) is 24.5 Å². The maximum atomic E-state index is 5.03. The molecule has 0 saturated carbocycles. The van der Waals surface area contributed by atoms with Gasteiger partial charge in [0.15, 0.2) is 0 Å². The van der Waals surface area contributed by atoms with Gasteiger partial charge in [0, 0.05) is 38.6 Å². The zero-order valence-corrected chi connectivity index (χ0v) is 13.1. The van der Waals surface area contributed by atoms with Gasteiger partial charge < -0.3 is 10.1 Å². The minimum Gasteiger partial charge on any atom is -0.383 e. The van der Waals surface area contributed by atoms with Crippen LogP contribution in [0.25, 0.3) is 0 Å². The van der Waals surface area contributed by atoms with Crippen LogP contribution in [0.3, 0.4) is 0 Å². The zero-order valence-electron chi connectivity index (χ0n) is 13.1. The first-order valence-electron chi connectivity index (χ1n) is 7.49. The molecule has 0 fully saturated rings. The van der Waals surface area contributed by atoms with E-state index in [0.717, 1.165) is 30.9 Å². The summed E-state index contributed by atoms with van der Waals surface area (Å²) in [6.45, 7) is 7.39. The van der Waals surface area contributed by atoms with Crippen molar-refractivity contribution in [1.82, 2.24) is 24.9 Å². The molecule has 1 N–H and O–H groups in total. The van der Waals surface area contributed by atoms with Gasteiger partial charge in [0.25, 0.3) is 0 Å². The summed E-state index contributed by atoms with van der Waals surface area (Å²) >= 11 is 0. The van der Waals surface area contributed by atoms with E-state index < -0.39 is 0 Å². The van der Waals surface area contributed by atoms with Gasteiger partial charge in [0.1, 0.15) is 0 Å². The summed E-state index contributed by atoms with van der Waals surface area (Å²) in [5, 5.41) is 12.3. The van der Waals surface area contributed by atoms with Crippen molar-refractivity contribution < 1.29 is 4.74 Å². The monoisotopic (exact) mass is 291 g/mol. The fraction of sp³-hybridized carbons (Fsp3) is 0.600. The maximum absolute atomic E-state index is 5.03. The Morgan fingerprint density at radius 1 is 1.38 bits per heavy atom. The smallest absolute Gasteiger partial charge is 0.0853 e. The zero-order chi connectivity index (χ0) is 15.1. The van der Waals surface area contributed by atoms with Gasteiger partial charge in [-0.05, 0) is 25.5 Å². The van der Waals surface area contributed by atoms with Crippen molar-refractivity contribution in [2.24, 2.45) is 0 Å². The molecule has 1 atom stereocenters. The topological polar surface area (TPSA) is 56.9 Å². The van der Waals surface area contributed by atoms with Crippen LogP contribution in [0.2, 0.25) is 0 Å². The van der Waals surface area contributed by atoms with E-state index in [2.05, 4.69) is 35.4 Å². The van der Waals surface area contributed by atoms with Crippen molar-refractivity contribution in [2.45, 2.75) is 39.4 Å². The lowest BCUT2D eigenvalue weighted by Gasteiger charge is -2.09. The van der Waals surface area contributed by atoms with E-state index >= 15 is 0 Å². The number of nitrogens with one attached hydrogen (secondary N) is 1. The van der Waals surface area contributed by atoms with Crippen molar-refractivity contribution in [3.63, 3.8) is 0 Å². The summed E-state index contributed by atoms with van der Waals surface area (Å²) in [6, 6.07) is 4.54. The van der Waals surface area contributed by atoms with Crippen LogP contribution in [0.5, 0.6) is 0 Å². The van der Waals surface area contributed by atoms with E-state index in [1.54, 1.807) is 7.11 Å². The largest absolute Gasteiger partial charge is 0.383 e. The molecule has 2 aromatic heterocycles. The number of ether oxygens (including phenoxy) is 1. The molecule has 1 unspecified atom stereocenters. The van der Waals surface area contributed by atoms with Gasteiger partial charge in [-0.2, -0.15) is 10.2 Å². The Hall–Kier alpha value is -1.66. The molecular weight excluding hydrogens is 266 g/mol. The molecule has 6 heteroatoms. The lowest BCUT2D eigenvalue weighted by molar-refractivity contribution is 0.199. The molecule has 0 amide bonds. The fourth-order valence-corrected chi connectivity index (χ4v) is 2.09. The highest BCUT2D eigenvalue weighted by atomic mass is 16.5. The van der Waals surface area contributed by atoms with Crippen LogP contribution in [0, 0.1) is 0 Å². The lowest BCUT2D eigenvalue weighted by atomic mass is 10.3. The first kappa shape index (κ1) is 15.7. The molecular formula is C15H25N5O. The van der Waals surface area contributed by atoms with E-state index in [-0.39, 0.29) is 0 Å². The van der Waals surface area contributed by atoms with Gasteiger partial charge in [-0.3, -0.25) is 9.36 Å². The molecule has 6 nitrogen and oxygen atoms in total. The van der Waals surface area contributed by atoms with E-state index in [1.807, 2.05) is 27.8 Å². The number of rotatable bonds is 9. The molecule has 21 heavy (non-hydrogen) atoms. The second kappa shape index (κ2) is 7.95. The summed E-state index contributed by atoms with van der Waals surface area (Å²) in [4.78, 5) is 0. The minimum absolute atomic E-state index is 0.437. The molecule has 116 valence electrons. The Balaban J connectivity index is 1.93. The van der Waals surface area contributed by atoms with Gasteiger partial charge in [0.2, 0.25) is 0 Å². The fourth-order valence-electron chi connectivity index (χ4n) is 2.09. The predicted octanol–water partition coefficient (Wildman–Crippen LogP) is 1.83. The van der Waals surface area contributed by atoms with Crippen LogP contribution < -0.4 is 5.32 Å². The standard InChI is InChI=1S/C15H25N5O/c1-4-13(2)19-9-6-14(18-19)12-20-15(5-7-17-20)11-16-8-10-21-3/h5-7,9,13,16H,4,8,10-12H2,1-3H3. The third-order valence-electron chi connectivity index (χ3n) is 3.61. The number of hydrogen-bond acceptors (Lipinski definition) is 4. The molecule has 0 saturated heterocycles. The summed E-state index contributed by atoms with van der Waals surface area (Å²) in [5.41, 5.74) is 2.20.